The second-order valence-electron chi connectivity index (χ2n) is 5.43. The van der Waals surface area contributed by atoms with E-state index in [1.54, 1.807) is 6.07 Å². The lowest BCUT2D eigenvalue weighted by Crippen LogP contribution is -2.41. The molecule has 2 rings (SSSR count). The van der Waals surface area contributed by atoms with Gasteiger partial charge in [-0.3, -0.25) is 0 Å². The van der Waals surface area contributed by atoms with Crippen molar-refractivity contribution in [3.8, 4) is 12.3 Å². The number of pyridine rings is 1. The highest BCUT2D eigenvalue weighted by molar-refractivity contribution is 6.63. The van der Waals surface area contributed by atoms with Crippen molar-refractivity contribution in [2.45, 2.75) is 38.9 Å². The van der Waals surface area contributed by atoms with E-state index in [0.29, 0.717) is 11.4 Å². The SMILES string of the molecule is C#Cc1cc(B2OC(C)(C)C(C)(C)O2)c(N)cn1. The van der Waals surface area contributed by atoms with Crippen molar-refractivity contribution in [1.82, 2.24) is 4.98 Å². The highest BCUT2D eigenvalue weighted by Gasteiger charge is 2.52. The van der Waals surface area contributed by atoms with Crippen molar-refractivity contribution >= 4 is 18.3 Å². The summed E-state index contributed by atoms with van der Waals surface area (Å²) >= 11 is 0. The number of aromatic nitrogens is 1. The molecule has 0 spiro atoms. The van der Waals surface area contributed by atoms with Crippen LogP contribution in [0.3, 0.4) is 0 Å². The first kappa shape index (κ1) is 12.9. The molecule has 0 aromatic carbocycles. The Balaban J connectivity index is 2.38. The zero-order valence-electron chi connectivity index (χ0n) is 11.2. The first-order valence-electron chi connectivity index (χ1n) is 5.84. The molecule has 0 atom stereocenters. The molecule has 2 heterocycles. The maximum atomic E-state index is 5.93. The molecule has 0 bridgehead atoms. The summed E-state index contributed by atoms with van der Waals surface area (Å²) in [6, 6.07) is 1.73. The maximum Gasteiger partial charge on any atom is 0.497 e. The summed E-state index contributed by atoms with van der Waals surface area (Å²) in [7, 11) is -0.509. The predicted molar refractivity (Wildman–Crippen MR) is 72.3 cm³/mol. The molecular formula is C13H17BN2O2. The molecule has 1 aliphatic heterocycles. The van der Waals surface area contributed by atoms with Crippen LogP contribution >= 0.6 is 0 Å². The Hall–Kier alpha value is -1.51. The first-order chi connectivity index (χ1) is 8.27. The van der Waals surface area contributed by atoms with Gasteiger partial charge in [-0.15, -0.1) is 6.42 Å². The van der Waals surface area contributed by atoms with Gasteiger partial charge in [0, 0.05) is 11.2 Å². The van der Waals surface area contributed by atoms with E-state index >= 15 is 0 Å². The van der Waals surface area contributed by atoms with Crippen LogP contribution in [-0.2, 0) is 9.31 Å². The Morgan fingerprint density at radius 1 is 1.28 bits per heavy atom. The molecule has 1 saturated heterocycles. The smallest absolute Gasteiger partial charge is 0.399 e. The zero-order valence-corrected chi connectivity index (χ0v) is 11.2. The monoisotopic (exact) mass is 244 g/mol. The van der Waals surface area contributed by atoms with E-state index in [4.69, 9.17) is 21.5 Å². The molecule has 0 aliphatic carbocycles. The number of nitrogens with zero attached hydrogens (tertiary/aromatic N) is 1. The fourth-order valence-corrected chi connectivity index (χ4v) is 1.73. The Kier molecular flexibility index (Phi) is 2.88. The van der Waals surface area contributed by atoms with Crippen LogP contribution in [0.4, 0.5) is 5.69 Å². The van der Waals surface area contributed by atoms with Crippen LogP contribution in [-0.4, -0.2) is 23.3 Å². The van der Waals surface area contributed by atoms with E-state index in [1.807, 2.05) is 27.7 Å². The lowest BCUT2D eigenvalue weighted by atomic mass is 9.78. The predicted octanol–water partition coefficient (Wildman–Crippen LogP) is 0.944. The van der Waals surface area contributed by atoms with Crippen LogP contribution in [0.5, 0.6) is 0 Å². The topological polar surface area (TPSA) is 57.4 Å². The lowest BCUT2D eigenvalue weighted by molar-refractivity contribution is 0.00578. The molecule has 0 unspecified atom stereocenters. The van der Waals surface area contributed by atoms with E-state index in [1.165, 1.54) is 6.20 Å². The van der Waals surface area contributed by atoms with Crippen LogP contribution in [0.15, 0.2) is 12.3 Å². The summed E-state index contributed by atoms with van der Waals surface area (Å²) in [6.45, 7) is 7.97. The van der Waals surface area contributed by atoms with Crippen LogP contribution < -0.4 is 11.2 Å². The molecule has 1 fully saturated rings. The van der Waals surface area contributed by atoms with E-state index in [2.05, 4.69) is 10.9 Å². The molecule has 5 heteroatoms. The molecule has 0 radical (unpaired) electrons. The van der Waals surface area contributed by atoms with Gasteiger partial charge in [0.15, 0.2) is 0 Å². The largest absolute Gasteiger partial charge is 0.497 e. The molecule has 4 nitrogen and oxygen atoms in total. The van der Waals surface area contributed by atoms with Gasteiger partial charge in [-0.25, -0.2) is 4.98 Å². The summed E-state index contributed by atoms with van der Waals surface area (Å²) in [5, 5.41) is 0. The number of hydrogen-bond donors (Lipinski definition) is 1. The number of rotatable bonds is 1. The van der Waals surface area contributed by atoms with Crippen molar-refractivity contribution in [3.05, 3.63) is 18.0 Å². The van der Waals surface area contributed by atoms with Crippen LogP contribution in [0.1, 0.15) is 33.4 Å². The van der Waals surface area contributed by atoms with Crippen molar-refractivity contribution in [3.63, 3.8) is 0 Å². The standard InChI is InChI=1S/C13H17BN2O2/c1-6-9-7-10(11(15)8-16-9)14-17-12(2,3)13(4,5)18-14/h1,7-8H,15H2,2-5H3. The number of nitrogen functional groups attached to an aromatic ring is 1. The molecule has 1 aromatic heterocycles. The third-order valence-corrected chi connectivity index (χ3v) is 3.62. The third-order valence-electron chi connectivity index (χ3n) is 3.62. The molecule has 2 N–H and O–H groups in total. The number of hydrogen-bond acceptors (Lipinski definition) is 4. The quantitative estimate of drug-likeness (QED) is 0.590. The molecule has 94 valence electrons. The third kappa shape index (κ3) is 1.98. The number of anilines is 1. The van der Waals surface area contributed by atoms with E-state index in [9.17, 15) is 0 Å². The van der Waals surface area contributed by atoms with E-state index in [-0.39, 0.29) is 0 Å². The van der Waals surface area contributed by atoms with Crippen molar-refractivity contribution < 1.29 is 9.31 Å². The van der Waals surface area contributed by atoms with Gasteiger partial charge < -0.3 is 15.0 Å². The summed E-state index contributed by atoms with van der Waals surface area (Å²) in [4.78, 5) is 4.03. The first-order valence-corrected chi connectivity index (χ1v) is 5.84. The van der Waals surface area contributed by atoms with Gasteiger partial charge in [0.2, 0.25) is 0 Å². The van der Waals surface area contributed by atoms with Crippen LogP contribution in [0.2, 0.25) is 0 Å². The Bertz CT molecular complexity index is 504. The minimum atomic E-state index is -0.509. The summed E-state index contributed by atoms with van der Waals surface area (Å²) in [5.41, 5.74) is 6.89. The minimum Gasteiger partial charge on any atom is -0.399 e. The summed E-state index contributed by atoms with van der Waals surface area (Å²) in [6.07, 6.45) is 6.88. The highest BCUT2D eigenvalue weighted by atomic mass is 16.7. The van der Waals surface area contributed by atoms with Gasteiger partial charge in [-0.05, 0) is 33.8 Å². The maximum absolute atomic E-state index is 5.93. The van der Waals surface area contributed by atoms with Gasteiger partial charge in [-0.2, -0.15) is 0 Å². The van der Waals surface area contributed by atoms with Crippen LogP contribution in [0, 0.1) is 12.3 Å². The highest BCUT2D eigenvalue weighted by Crippen LogP contribution is 2.36. The molecule has 1 aromatic rings. The molecular weight excluding hydrogens is 227 g/mol. The normalized spacial score (nSPS) is 20.7. The van der Waals surface area contributed by atoms with Crippen molar-refractivity contribution in [1.29, 1.82) is 0 Å². The van der Waals surface area contributed by atoms with Crippen LogP contribution in [0.25, 0.3) is 0 Å². The Labute approximate surface area is 108 Å². The van der Waals surface area contributed by atoms with Crippen molar-refractivity contribution in [2.24, 2.45) is 0 Å². The molecule has 1 aliphatic rings. The van der Waals surface area contributed by atoms with Gasteiger partial charge in [-0.1, -0.05) is 5.92 Å². The average molecular weight is 244 g/mol. The zero-order chi connectivity index (χ0) is 13.6. The fourth-order valence-electron chi connectivity index (χ4n) is 1.73. The second kappa shape index (κ2) is 4.01. The second-order valence-corrected chi connectivity index (χ2v) is 5.43. The molecule has 18 heavy (non-hydrogen) atoms. The number of terminal acetylenes is 1. The molecule has 0 amide bonds. The fraction of sp³-hybridized carbons (Fsp3) is 0.462. The van der Waals surface area contributed by atoms with Gasteiger partial charge in [0.05, 0.1) is 17.4 Å². The molecule has 0 saturated carbocycles. The van der Waals surface area contributed by atoms with E-state index < -0.39 is 18.3 Å². The Morgan fingerprint density at radius 2 is 1.83 bits per heavy atom. The summed E-state index contributed by atoms with van der Waals surface area (Å²) in [5.74, 6) is 2.48. The average Bonchev–Trinajstić information content (AvgIpc) is 2.48. The minimum absolute atomic E-state index is 0.399. The van der Waals surface area contributed by atoms with E-state index in [0.717, 1.165) is 5.46 Å². The lowest BCUT2D eigenvalue weighted by Gasteiger charge is -2.32. The van der Waals surface area contributed by atoms with Crippen molar-refractivity contribution in [2.75, 3.05) is 5.73 Å². The van der Waals surface area contributed by atoms with Gasteiger partial charge >= 0.3 is 7.12 Å². The van der Waals surface area contributed by atoms with Gasteiger partial charge in [0.25, 0.3) is 0 Å². The Morgan fingerprint density at radius 3 is 2.33 bits per heavy atom. The van der Waals surface area contributed by atoms with Gasteiger partial charge in [0.1, 0.15) is 5.69 Å². The number of nitrogens with two attached hydrogens (primary N) is 1. The summed E-state index contributed by atoms with van der Waals surface area (Å²) < 4.78 is 11.9.